The Balaban J connectivity index is 2.15. The van der Waals surface area contributed by atoms with E-state index in [-0.39, 0.29) is 5.82 Å². The van der Waals surface area contributed by atoms with E-state index in [9.17, 15) is 8.60 Å². The maximum Gasteiger partial charge on any atom is 0.231 e. The topological polar surface area (TPSA) is 56.0 Å². The van der Waals surface area contributed by atoms with E-state index in [1.165, 1.54) is 6.07 Å². The molecule has 4 nitrogen and oxygen atoms in total. The van der Waals surface area contributed by atoms with Crippen LogP contribution in [-0.2, 0) is 17.2 Å². The van der Waals surface area contributed by atoms with Gasteiger partial charge in [-0.15, -0.1) is 10.2 Å². The molecule has 1 heterocycles. The van der Waals surface area contributed by atoms with Crippen molar-refractivity contribution in [2.45, 2.75) is 44.6 Å². The maximum absolute atomic E-state index is 13.8. The first-order chi connectivity index (χ1) is 10.4. The first-order valence-electron chi connectivity index (χ1n) is 7.36. The molecular formula is C16H21FN2O2S. The molecular weight excluding hydrogens is 303 g/mol. The molecule has 2 rings (SSSR count). The summed E-state index contributed by atoms with van der Waals surface area (Å²) in [7, 11) is -1.36. The molecule has 0 saturated carbocycles. The van der Waals surface area contributed by atoms with Crippen LogP contribution >= 0.6 is 0 Å². The van der Waals surface area contributed by atoms with Crippen LogP contribution in [0.15, 0.2) is 28.7 Å². The van der Waals surface area contributed by atoms with Gasteiger partial charge < -0.3 is 4.42 Å². The summed E-state index contributed by atoms with van der Waals surface area (Å²) in [6.45, 7) is 7.63. The molecule has 6 heteroatoms. The minimum atomic E-state index is -1.36. The fraction of sp³-hybridized carbons (Fsp3) is 0.500. The van der Waals surface area contributed by atoms with E-state index < -0.39 is 21.3 Å². The molecule has 22 heavy (non-hydrogen) atoms. The smallest absolute Gasteiger partial charge is 0.231 e. The van der Waals surface area contributed by atoms with Crippen molar-refractivity contribution >= 4 is 10.8 Å². The van der Waals surface area contributed by atoms with Crippen molar-refractivity contribution in [2.24, 2.45) is 5.92 Å². The Labute approximate surface area is 132 Å². The zero-order valence-electron chi connectivity index (χ0n) is 13.2. The quantitative estimate of drug-likeness (QED) is 0.806. The SMILES string of the molecule is CC(C)Cc1nnc([C@H](C)[S@@](=O)[C@H](C)c2ccccc2F)o1. The van der Waals surface area contributed by atoms with E-state index in [1.54, 1.807) is 32.0 Å². The summed E-state index contributed by atoms with van der Waals surface area (Å²) >= 11 is 0. The van der Waals surface area contributed by atoms with Crippen LogP contribution in [0.2, 0.25) is 0 Å². The van der Waals surface area contributed by atoms with Gasteiger partial charge in [0.1, 0.15) is 11.1 Å². The van der Waals surface area contributed by atoms with Crippen LogP contribution in [0.1, 0.15) is 55.5 Å². The van der Waals surface area contributed by atoms with Crippen molar-refractivity contribution in [3.8, 4) is 0 Å². The summed E-state index contributed by atoms with van der Waals surface area (Å²) in [5.74, 6) is 0.956. The molecule has 1 aromatic carbocycles. The van der Waals surface area contributed by atoms with Crippen LogP contribution in [0.3, 0.4) is 0 Å². The van der Waals surface area contributed by atoms with Gasteiger partial charge in [0, 0.05) is 22.8 Å². The van der Waals surface area contributed by atoms with E-state index in [4.69, 9.17) is 4.42 Å². The number of benzene rings is 1. The zero-order chi connectivity index (χ0) is 16.3. The molecule has 0 aliphatic heterocycles. The molecule has 0 fully saturated rings. The fourth-order valence-corrected chi connectivity index (χ4v) is 3.55. The lowest BCUT2D eigenvalue weighted by atomic mass is 10.1. The monoisotopic (exact) mass is 324 g/mol. The van der Waals surface area contributed by atoms with Crippen molar-refractivity contribution in [2.75, 3.05) is 0 Å². The van der Waals surface area contributed by atoms with E-state index in [0.717, 1.165) is 0 Å². The Morgan fingerprint density at radius 2 is 1.82 bits per heavy atom. The number of nitrogens with zero attached hydrogens (tertiary/aromatic N) is 2. The van der Waals surface area contributed by atoms with Gasteiger partial charge in [-0.25, -0.2) is 4.39 Å². The number of hydrogen-bond acceptors (Lipinski definition) is 4. The summed E-state index contributed by atoms with van der Waals surface area (Å²) in [6.07, 6.45) is 0.690. The lowest BCUT2D eigenvalue weighted by Gasteiger charge is -2.15. The summed E-state index contributed by atoms with van der Waals surface area (Å²) in [5.41, 5.74) is 0.439. The highest BCUT2D eigenvalue weighted by molar-refractivity contribution is 7.85. The average molecular weight is 324 g/mol. The maximum atomic E-state index is 13.8. The van der Waals surface area contributed by atoms with Crippen LogP contribution in [0.4, 0.5) is 4.39 Å². The predicted octanol–water partition coefficient (Wildman–Crippen LogP) is 3.98. The third-order valence-electron chi connectivity index (χ3n) is 3.45. The summed E-state index contributed by atoms with van der Waals surface area (Å²) in [4.78, 5) is 0. The lowest BCUT2D eigenvalue weighted by Crippen LogP contribution is -2.11. The van der Waals surface area contributed by atoms with Gasteiger partial charge in [0.05, 0.1) is 5.25 Å². The minimum Gasteiger partial charge on any atom is -0.424 e. The van der Waals surface area contributed by atoms with Crippen LogP contribution < -0.4 is 0 Å². The van der Waals surface area contributed by atoms with Crippen LogP contribution in [0, 0.1) is 11.7 Å². The highest BCUT2D eigenvalue weighted by atomic mass is 32.2. The Kier molecular flexibility index (Phi) is 5.45. The van der Waals surface area contributed by atoms with Gasteiger partial charge in [0.25, 0.3) is 0 Å². The van der Waals surface area contributed by atoms with Gasteiger partial charge in [-0.05, 0) is 25.8 Å². The minimum absolute atomic E-state index is 0.345. The van der Waals surface area contributed by atoms with Crippen LogP contribution in [0.5, 0.6) is 0 Å². The second-order valence-corrected chi connectivity index (χ2v) is 7.84. The molecule has 2 aromatic rings. The number of aromatic nitrogens is 2. The third-order valence-corrected chi connectivity index (χ3v) is 5.30. The molecule has 0 unspecified atom stereocenters. The Hall–Kier alpha value is -1.56. The molecule has 0 N–H and O–H groups in total. The second-order valence-electron chi connectivity index (χ2n) is 5.77. The standard InChI is InChI=1S/C16H21FN2O2S/c1-10(2)9-15-18-19-16(21-15)12(4)22(20)11(3)13-7-5-6-8-14(13)17/h5-8,10-12H,9H2,1-4H3/t11-,12+,22+/m1/s1. The molecule has 0 aliphatic rings. The molecule has 120 valence electrons. The first kappa shape index (κ1) is 16.8. The van der Waals surface area contributed by atoms with Crippen molar-refractivity contribution in [1.82, 2.24) is 10.2 Å². The zero-order valence-corrected chi connectivity index (χ0v) is 14.1. The van der Waals surface area contributed by atoms with Gasteiger partial charge in [0.2, 0.25) is 11.8 Å². The van der Waals surface area contributed by atoms with Crippen LogP contribution in [-0.4, -0.2) is 14.4 Å². The van der Waals surface area contributed by atoms with Crippen LogP contribution in [0.25, 0.3) is 0 Å². The predicted molar refractivity (Wildman–Crippen MR) is 84.2 cm³/mol. The van der Waals surface area contributed by atoms with Gasteiger partial charge >= 0.3 is 0 Å². The van der Waals surface area contributed by atoms with Crippen molar-refractivity contribution in [3.63, 3.8) is 0 Å². The molecule has 0 amide bonds. The normalized spacial score (nSPS) is 15.7. The highest BCUT2D eigenvalue weighted by Gasteiger charge is 2.27. The van der Waals surface area contributed by atoms with Crippen molar-refractivity contribution < 1.29 is 13.0 Å². The number of rotatable bonds is 6. The Morgan fingerprint density at radius 3 is 2.45 bits per heavy atom. The van der Waals surface area contributed by atoms with Crippen molar-refractivity contribution in [3.05, 3.63) is 47.4 Å². The van der Waals surface area contributed by atoms with E-state index in [2.05, 4.69) is 24.0 Å². The van der Waals surface area contributed by atoms with Gasteiger partial charge in [-0.1, -0.05) is 32.0 Å². The molecule has 0 radical (unpaired) electrons. The van der Waals surface area contributed by atoms with Crippen molar-refractivity contribution in [1.29, 1.82) is 0 Å². The van der Waals surface area contributed by atoms with E-state index in [0.29, 0.717) is 29.7 Å². The van der Waals surface area contributed by atoms with Gasteiger partial charge in [-0.2, -0.15) is 0 Å². The highest BCUT2D eigenvalue weighted by Crippen LogP contribution is 2.30. The van der Waals surface area contributed by atoms with E-state index in [1.807, 2.05) is 0 Å². The fourth-order valence-electron chi connectivity index (χ4n) is 2.20. The first-order valence-corrected chi connectivity index (χ1v) is 8.63. The Bertz CT molecular complexity index is 657. The third kappa shape index (κ3) is 3.80. The summed E-state index contributed by atoms with van der Waals surface area (Å²) < 4.78 is 32.1. The van der Waals surface area contributed by atoms with Gasteiger partial charge in [0.15, 0.2) is 0 Å². The molecule has 1 aromatic heterocycles. The molecule has 0 saturated heterocycles. The lowest BCUT2D eigenvalue weighted by molar-refractivity contribution is 0.424. The second kappa shape index (κ2) is 7.13. The average Bonchev–Trinajstić information content (AvgIpc) is 2.93. The van der Waals surface area contributed by atoms with Gasteiger partial charge in [-0.3, -0.25) is 4.21 Å². The number of halogens is 1. The molecule has 0 aliphatic carbocycles. The molecule has 3 atom stereocenters. The molecule has 0 bridgehead atoms. The summed E-state index contributed by atoms with van der Waals surface area (Å²) in [6, 6.07) is 6.39. The summed E-state index contributed by atoms with van der Waals surface area (Å²) in [5, 5.41) is 7.08. The largest absolute Gasteiger partial charge is 0.424 e. The Morgan fingerprint density at radius 1 is 1.14 bits per heavy atom. The molecule has 0 spiro atoms. The van der Waals surface area contributed by atoms with E-state index >= 15 is 0 Å². The number of hydrogen-bond donors (Lipinski definition) is 0.